The molecule has 1 rings (SSSR count). The van der Waals surface area contributed by atoms with E-state index in [-0.39, 0.29) is 23.6 Å². The number of carbonyl (C=O) groups excluding carboxylic acids is 2. The Balaban J connectivity index is 2.37. The first kappa shape index (κ1) is 21.0. The minimum absolute atomic E-state index is 0.103. The molecular weight excluding hydrogens is 344 g/mol. The van der Waals surface area contributed by atoms with Gasteiger partial charge in [-0.2, -0.15) is 0 Å². The number of ether oxygens (including phenoxy) is 3. The van der Waals surface area contributed by atoms with E-state index < -0.39 is 0 Å². The summed E-state index contributed by atoms with van der Waals surface area (Å²) in [4.78, 5) is 23.4. The maximum atomic E-state index is 11.8. The molecule has 138 valence electrons. The lowest BCUT2D eigenvalue weighted by molar-refractivity contribution is -0.124. The third-order valence-electron chi connectivity index (χ3n) is 3.03. The van der Waals surface area contributed by atoms with Crippen LogP contribution in [0.2, 0.25) is 0 Å². The summed E-state index contributed by atoms with van der Waals surface area (Å²) in [6, 6.07) is 6.64. The Morgan fingerprint density at radius 2 is 1.84 bits per heavy atom. The standard InChI is InChI=1S/C17H24N2O5S/c1-3-4-9-24-16(21)13-5-7-14(8-6-13)18-17(25)19-15(20)12-23-11-10-22-2/h5-8H,3-4,9-12H2,1-2H3,(H2,18,19,20,25). The van der Waals surface area contributed by atoms with Crippen molar-refractivity contribution < 1.29 is 23.8 Å². The fourth-order valence-electron chi connectivity index (χ4n) is 1.71. The van der Waals surface area contributed by atoms with Crippen LogP contribution in [0.1, 0.15) is 30.1 Å². The molecule has 0 aliphatic rings. The van der Waals surface area contributed by atoms with Crippen LogP contribution in [-0.2, 0) is 19.0 Å². The highest BCUT2D eigenvalue weighted by atomic mass is 32.1. The lowest BCUT2D eigenvalue weighted by atomic mass is 10.2. The number of carbonyl (C=O) groups is 2. The van der Waals surface area contributed by atoms with Crippen molar-refractivity contribution in [2.75, 3.05) is 38.9 Å². The smallest absolute Gasteiger partial charge is 0.338 e. The summed E-state index contributed by atoms with van der Waals surface area (Å²) in [5.74, 6) is -0.714. The minimum atomic E-state index is -0.357. The Kier molecular flexibility index (Phi) is 10.4. The molecule has 0 aliphatic carbocycles. The minimum Gasteiger partial charge on any atom is -0.462 e. The van der Waals surface area contributed by atoms with Gasteiger partial charge in [-0.15, -0.1) is 0 Å². The van der Waals surface area contributed by atoms with Gasteiger partial charge >= 0.3 is 5.97 Å². The van der Waals surface area contributed by atoms with Crippen LogP contribution in [0.4, 0.5) is 5.69 Å². The zero-order valence-corrected chi connectivity index (χ0v) is 15.3. The van der Waals surface area contributed by atoms with Crippen LogP contribution >= 0.6 is 12.2 Å². The van der Waals surface area contributed by atoms with Gasteiger partial charge < -0.3 is 24.8 Å². The first-order valence-electron chi connectivity index (χ1n) is 8.01. The van der Waals surface area contributed by atoms with Crippen molar-refractivity contribution >= 4 is 34.9 Å². The molecule has 0 aliphatic heterocycles. The van der Waals surface area contributed by atoms with Crippen LogP contribution < -0.4 is 10.6 Å². The fraction of sp³-hybridized carbons (Fsp3) is 0.471. The van der Waals surface area contributed by atoms with Crippen LogP contribution in [-0.4, -0.2) is 50.5 Å². The first-order valence-corrected chi connectivity index (χ1v) is 8.42. The highest BCUT2D eigenvalue weighted by molar-refractivity contribution is 7.80. The van der Waals surface area contributed by atoms with Crippen molar-refractivity contribution in [3.63, 3.8) is 0 Å². The Hall–Kier alpha value is -2.03. The Bertz CT molecular complexity index is 563. The number of rotatable bonds is 10. The van der Waals surface area contributed by atoms with Crippen molar-refractivity contribution in [3.8, 4) is 0 Å². The monoisotopic (exact) mass is 368 g/mol. The van der Waals surface area contributed by atoms with Crippen LogP contribution in [0.25, 0.3) is 0 Å². The number of hydrogen-bond acceptors (Lipinski definition) is 6. The van der Waals surface area contributed by atoms with Gasteiger partial charge in [0.2, 0.25) is 0 Å². The molecule has 0 saturated carbocycles. The molecule has 8 heteroatoms. The highest BCUT2D eigenvalue weighted by Gasteiger charge is 2.08. The van der Waals surface area contributed by atoms with Crippen LogP contribution in [0.5, 0.6) is 0 Å². The van der Waals surface area contributed by atoms with E-state index in [0.717, 1.165) is 12.8 Å². The number of benzene rings is 1. The van der Waals surface area contributed by atoms with Gasteiger partial charge in [-0.1, -0.05) is 13.3 Å². The molecular formula is C17H24N2O5S. The van der Waals surface area contributed by atoms with E-state index in [9.17, 15) is 9.59 Å². The summed E-state index contributed by atoms with van der Waals surface area (Å²) in [5.41, 5.74) is 1.11. The molecule has 0 heterocycles. The largest absolute Gasteiger partial charge is 0.462 e. The second kappa shape index (κ2) is 12.3. The number of thiocarbonyl (C=S) groups is 1. The van der Waals surface area contributed by atoms with Crippen molar-refractivity contribution in [2.24, 2.45) is 0 Å². The molecule has 25 heavy (non-hydrogen) atoms. The van der Waals surface area contributed by atoms with Gasteiger partial charge in [-0.25, -0.2) is 4.79 Å². The molecule has 0 atom stereocenters. The number of hydrogen-bond donors (Lipinski definition) is 2. The molecule has 0 fully saturated rings. The summed E-state index contributed by atoms with van der Waals surface area (Å²) >= 11 is 5.05. The van der Waals surface area contributed by atoms with Crippen molar-refractivity contribution in [1.82, 2.24) is 5.32 Å². The predicted octanol–water partition coefficient (Wildman–Crippen LogP) is 2.12. The summed E-state index contributed by atoms with van der Waals surface area (Å²) in [6.07, 6.45) is 1.81. The number of amides is 1. The third-order valence-corrected chi connectivity index (χ3v) is 3.23. The van der Waals surface area contributed by atoms with Gasteiger partial charge in [0.25, 0.3) is 5.91 Å². The van der Waals surface area contributed by atoms with Crippen molar-refractivity contribution in [2.45, 2.75) is 19.8 Å². The van der Waals surface area contributed by atoms with Gasteiger partial charge in [0.05, 0.1) is 25.4 Å². The summed E-state index contributed by atoms with van der Waals surface area (Å²) in [5, 5.41) is 5.51. The predicted molar refractivity (Wildman–Crippen MR) is 98.7 cm³/mol. The van der Waals surface area contributed by atoms with E-state index in [1.54, 1.807) is 31.4 Å². The third kappa shape index (κ3) is 9.13. The van der Waals surface area contributed by atoms with Crippen LogP contribution in [0.3, 0.4) is 0 Å². The Morgan fingerprint density at radius 3 is 2.48 bits per heavy atom. The molecule has 0 spiro atoms. The molecule has 0 unspecified atom stereocenters. The maximum Gasteiger partial charge on any atom is 0.338 e. The second-order valence-corrected chi connectivity index (χ2v) is 5.52. The van der Waals surface area contributed by atoms with Gasteiger partial charge in [-0.05, 0) is 42.9 Å². The molecule has 0 aromatic heterocycles. The number of unbranched alkanes of at least 4 members (excludes halogenated alkanes) is 1. The van der Waals surface area contributed by atoms with E-state index >= 15 is 0 Å². The molecule has 0 saturated heterocycles. The topological polar surface area (TPSA) is 85.9 Å². The fourth-order valence-corrected chi connectivity index (χ4v) is 1.95. The average molecular weight is 368 g/mol. The summed E-state index contributed by atoms with van der Waals surface area (Å²) in [7, 11) is 1.55. The average Bonchev–Trinajstić information content (AvgIpc) is 2.59. The van der Waals surface area contributed by atoms with Crippen LogP contribution in [0.15, 0.2) is 24.3 Å². The SMILES string of the molecule is CCCCOC(=O)c1ccc(NC(=S)NC(=O)COCCOC)cc1. The van der Waals surface area contributed by atoms with E-state index in [2.05, 4.69) is 10.6 Å². The van der Waals surface area contributed by atoms with Gasteiger partial charge in [0.15, 0.2) is 5.11 Å². The van der Waals surface area contributed by atoms with E-state index in [0.29, 0.717) is 31.1 Å². The molecule has 1 amide bonds. The summed E-state index contributed by atoms with van der Waals surface area (Å²) < 4.78 is 15.0. The van der Waals surface area contributed by atoms with Crippen LogP contribution in [0, 0.1) is 0 Å². The normalized spacial score (nSPS) is 10.2. The van der Waals surface area contributed by atoms with E-state index in [1.165, 1.54) is 0 Å². The zero-order chi connectivity index (χ0) is 18.5. The van der Waals surface area contributed by atoms with Crippen molar-refractivity contribution in [3.05, 3.63) is 29.8 Å². The quantitative estimate of drug-likeness (QED) is 0.372. The maximum absolute atomic E-state index is 11.8. The lowest BCUT2D eigenvalue weighted by Gasteiger charge is -2.10. The molecule has 7 nitrogen and oxygen atoms in total. The number of nitrogens with one attached hydrogen (secondary N) is 2. The van der Waals surface area contributed by atoms with Gasteiger partial charge in [-0.3, -0.25) is 4.79 Å². The van der Waals surface area contributed by atoms with Crippen molar-refractivity contribution in [1.29, 1.82) is 0 Å². The molecule has 1 aromatic rings. The number of anilines is 1. The lowest BCUT2D eigenvalue weighted by Crippen LogP contribution is -2.36. The molecule has 0 radical (unpaired) electrons. The zero-order valence-electron chi connectivity index (χ0n) is 14.5. The Labute approximate surface area is 153 Å². The summed E-state index contributed by atoms with van der Waals surface area (Å²) in [6.45, 7) is 3.09. The molecule has 2 N–H and O–H groups in total. The highest BCUT2D eigenvalue weighted by Crippen LogP contribution is 2.10. The molecule has 0 bridgehead atoms. The number of esters is 1. The molecule has 1 aromatic carbocycles. The first-order chi connectivity index (χ1) is 12.1. The van der Waals surface area contributed by atoms with E-state index in [4.69, 9.17) is 26.4 Å². The van der Waals surface area contributed by atoms with Gasteiger partial charge in [0.1, 0.15) is 6.61 Å². The Morgan fingerprint density at radius 1 is 1.12 bits per heavy atom. The van der Waals surface area contributed by atoms with E-state index in [1.807, 2.05) is 6.92 Å². The number of methoxy groups -OCH3 is 1. The van der Waals surface area contributed by atoms with Gasteiger partial charge in [0, 0.05) is 12.8 Å². The second-order valence-electron chi connectivity index (χ2n) is 5.11.